The molecule has 1 fully saturated rings. The van der Waals surface area contributed by atoms with Crippen LogP contribution in [-0.4, -0.2) is 52.7 Å². The van der Waals surface area contributed by atoms with Crippen LogP contribution in [0.25, 0.3) is 0 Å². The lowest BCUT2D eigenvalue weighted by atomic mass is 9.85. The number of nitrogens with zero attached hydrogens (tertiary/aromatic N) is 4. The van der Waals surface area contributed by atoms with E-state index in [4.69, 9.17) is 0 Å². The first-order valence-corrected chi connectivity index (χ1v) is 9.12. The zero-order chi connectivity index (χ0) is 18.7. The monoisotopic (exact) mass is 358 g/mol. The third kappa shape index (κ3) is 4.12. The highest BCUT2D eigenvalue weighted by molar-refractivity contribution is 5.78. The Labute approximate surface area is 154 Å². The number of piperidine rings is 1. The largest absolute Gasteiger partial charge is 0.345 e. The Morgan fingerprint density at radius 2 is 2.12 bits per heavy atom. The second kappa shape index (κ2) is 7.99. The first kappa shape index (κ1) is 18.6. The van der Waals surface area contributed by atoms with Crippen molar-refractivity contribution in [3.63, 3.8) is 0 Å². The van der Waals surface area contributed by atoms with E-state index in [1.165, 1.54) is 11.6 Å². The van der Waals surface area contributed by atoms with Crippen molar-refractivity contribution in [1.82, 2.24) is 19.6 Å². The number of carbonyl (C=O) groups excluding carboxylic acids is 1. The summed E-state index contributed by atoms with van der Waals surface area (Å²) in [5.74, 6) is -0.0272. The predicted molar refractivity (Wildman–Crippen MR) is 99.0 cm³/mol. The molecule has 2 atom stereocenters. The molecule has 1 saturated heterocycles. The number of carbonyl (C=O) groups is 1. The van der Waals surface area contributed by atoms with Gasteiger partial charge in [-0.1, -0.05) is 18.2 Å². The predicted octanol–water partition coefficient (Wildman–Crippen LogP) is 2.64. The van der Waals surface area contributed by atoms with Gasteiger partial charge < -0.3 is 4.90 Å². The molecule has 0 N–H and O–H groups in total. The van der Waals surface area contributed by atoms with Gasteiger partial charge in [-0.05, 0) is 44.0 Å². The first-order chi connectivity index (χ1) is 12.5. The fourth-order valence-electron chi connectivity index (χ4n) is 3.96. The highest BCUT2D eigenvalue weighted by Gasteiger charge is 2.32. The summed E-state index contributed by atoms with van der Waals surface area (Å²) < 4.78 is 15.6. The molecule has 6 heteroatoms. The van der Waals surface area contributed by atoms with Crippen molar-refractivity contribution >= 4 is 5.91 Å². The Balaban J connectivity index is 1.69. The van der Waals surface area contributed by atoms with Gasteiger partial charge in [-0.3, -0.25) is 14.4 Å². The summed E-state index contributed by atoms with van der Waals surface area (Å²) >= 11 is 0. The number of aromatic nitrogens is 2. The molecule has 2 heterocycles. The van der Waals surface area contributed by atoms with Crippen LogP contribution in [0.2, 0.25) is 0 Å². The van der Waals surface area contributed by atoms with Crippen molar-refractivity contribution in [2.45, 2.75) is 25.3 Å². The van der Waals surface area contributed by atoms with Gasteiger partial charge in [0, 0.05) is 38.4 Å². The molecule has 1 aliphatic rings. The van der Waals surface area contributed by atoms with E-state index in [1.54, 1.807) is 23.1 Å². The molecule has 0 bridgehead atoms. The van der Waals surface area contributed by atoms with Crippen LogP contribution >= 0.6 is 0 Å². The molecule has 0 unspecified atom stereocenters. The second-order valence-electron chi connectivity index (χ2n) is 7.32. The zero-order valence-electron chi connectivity index (χ0n) is 15.7. The number of hydrogen-bond donors (Lipinski definition) is 0. The van der Waals surface area contributed by atoms with Crippen LogP contribution in [0.4, 0.5) is 4.39 Å². The maximum Gasteiger partial charge on any atom is 0.226 e. The van der Waals surface area contributed by atoms with Crippen LogP contribution in [0.15, 0.2) is 36.7 Å². The second-order valence-corrected chi connectivity index (χ2v) is 7.32. The molecule has 1 aromatic carbocycles. The van der Waals surface area contributed by atoms with Gasteiger partial charge in [-0.25, -0.2) is 4.39 Å². The highest BCUT2D eigenvalue weighted by Crippen LogP contribution is 2.35. The molecule has 1 aromatic heterocycles. The summed E-state index contributed by atoms with van der Waals surface area (Å²) in [6.45, 7) is 1.71. The van der Waals surface area contributed by atoms with Gasteiger partial charge in [0.15, 0.2) is 0 Å². The SMILES string of the molecule is CN(C[C@@H]1CCCN(C)[C@H]1c1cnn(C)c1)C(=O)Cc1ccccc1F. The van der Waals surface area contributed by atoms with Crippen molar-refractivity contribution in [2.75, 3.05) is 27.2 Å². The summed E-state index contributed by atoms with van der Waals surface area (Å²) in [5, 5.41) is 4.31. The quantitative estimate of drug-likeness (QED) is 0.825. The van der Waals surface area contributed by atoms with Crippen LogP contribution in [0.1, 0.15) is 30.0 Å². The molecular weight excluding hydrogens is 331 g/mol. The number of hydrogen-bond acceptors (Lipinski definition) is 3. The lowest BCUT2D eigenvalue weighted by Gasteiger charge is -2.40. The van der Waals surface area contributed by atoms with Gasteiger partial charge in [-0.15, -0.1) is 0 Å². The van der Waals surface area contributed by atoms with E-state index in [2.05, 4.69) is 23.2 Å². The molecule has 26 heavy (non-hydrogen) atoms. The Hall–Kier alpha value is -2.21. The summed E-state index contributed by atoms with van der Waals surface area (Å²) in [7, 11) is 5.87. The van der Waals surface area contributed by atoms with E-state index >= 15 is 0 Å². The van der Waals surface area contributed by atoms with E-state index in [-0.39, 0.29) is 24.2 Å². The van der Waals surface area contributed by atoms with Crippen molar-refractivity contribution in [2.24, 2.45) is 13.0 Å². The van der Waals surface area contributed by atoms with Crippen molar-refractivity contribution < 1.29 is 9.18 Å². The van der Waals surface area contributed by atoms with Gasteiger partial charge in [0.2, 0.25) is 5.91 Å². The highest BCUT2D eigenvalue weighted by atomic mass is 19.1. The van der Waals surface area contributed by atoms with Crippen LogP contribution in [-0.2, 0) is 18.3 Å². The molecule has 0 saturated carbocycles. The van der Waals surface area contributed by atoms with E-state index in [0.29, 0.717) is 18.0 Å². The Kier molecular flexibility index (Phi) is 5.71. The minimum Gasteiger partial charge on any atom is -0.345 e. The van der Waals surface area contributed by atoms with E-state index in [0.717, 1.165) is 19.4 Å². The van der Waals surface area contributed by atoms with Gasteiger partial charge in [0.1, 0.15) is 5.82 Å². The van der Waals surface area contributed by atoms with Crippen LogP contribution in [0, 0.1) is 11.7 Å². The van der Waals surface area contributed by atoms with Crippen LogP contribution < -0.4 is 0 Å². The van der Waals surface area contributed by atoms with E-state index in [9.17, 15) is 9.18 Å². The van der Waals surface area contributed by atoms with Crippen molar-refractivity contribution in [3.05, 3.63) is 53.6 Å². The van der Waals surface area contributed by atoms with Crippen LogP contribution in [0.5, 0.6) is 0 Å². The minimum atomic E-state index is -0.320. The third-order valence-electron chi connectivity index (χ3n) is 5.31. The molecular formula is C20H27FN4O. The number of likely N-dealkylation sites (tertiary alicyclic amines) is 1. The van der Waals surface area contributed by atoms with Crippen molar-refractivity contribution in [1.29, 1.82) is 0 Å². The smallest absolute Gasteiger partial charge is 0.226 e. The maximum absolute atomic E-state index is 13.8. The number of benzene rings is 1. The van der Waals surface area contributed by atoms with Crippen molar-refractivity contribution in [3.8, 4) is 0 Å². The third-order valence-corrected chi connectivity index (χ3v) is 5.31. The number of amides is 1. The van der Waals surface area contributed by atoms with Gasteiger partial charge >= 0.3 is 0 Å². The molecule has 1 amide bonds. The summed E-state index contributed by atoms with van der Waals surface area (Å²) in [6, 6.07) is 6.73. The molecule has 2 aromatic rings. The molecule has 1 aliphatic heterocycles. The van der Waals surface area contributed by atoms with E-state index < -0.39 is 0 Å². The molecule has 0 aliphatic carbocycles. The summed E-state index contributed by atoms with van der Waals surface area (Å²) in [5.41, 5.74) is 1.64. The first-order valence-electron chi connectivity index (χ1n) is 9.12. The minimum absolute atomic E-state index is 0.0479. The zero-order valence-corrected chi connectivity index (χ0v) is 15.7. The molecule has 140 valence electrons. The Morgan fingerprint density at radius 3 is 2.81 bits per heavy atom. The fourth-order valence-corrected chi connectivity index (χ4v) is 3.96. The Morgan fingerprint density at radius 1 is 1.35 bits per heavy atom. The standard InChI is InChI=1S/C20H27FN4O/c1-23-10-6-8-16(20(23)17-12-22-25(3)14-17)13-24(2)19(26)11-15-7-4-5-9-18(15)21/h4-5,7,9,12,14,16,20H,6,8,10-11,13H2,1-3H3/t16-,20+/m0/s1. The number of aryl methyl sites for hydroxylation is 1. The van der Waals surface area contributed by atoms with Gasteiger partial charge in [0.05, 0.1) is 12.6 Å². The number of halogens is 1. The molecule has 5 nitrogen and oxygen atoms in total. The normalized spacial score (nSPS) is 20.9. The topological polar surface area (TPSA) is 41.4 Å². The number of likely N-dealkylation sites (N-methyl/N-ethyl adjacent to an activating group) is 1. The average molecular weight is 358 g/mol. The van der Waals surface area contributed by atoms with Crippen LogP contribution in [0.3, 0.4) is 0 Å². The lowest BCUT2D eigenvalue weighted by molar-refractivity contribution is -0.130. The fraction of sp³-hybridized carbons (Fsp3) is 0.500. The maximum atomic E-state index is 13.8. The number of rotatable bonds is 5. The van der Waals surface area contributed by atoms with Gasteiger partial charge in [-0.2, -0.15) is 5.10 Å². The lowest BCUT2D eigenvalue weighted by Crippen LogP contribution is -2.42. The van der Waals surface area contributed by atoms with Gasteiger partial charge in [0.25, 0.3) is 0 Å². The average Bonchev–Trinajstić information content (AvgIpc) is 3.03. The Bertz CT molecular complexity index is 760. The summed E-state index contributed by atoms with van der Waals surface area (Å²) in [6.07, 6.45) is 6.26. The summed E-state index contributed by atoms with van der Waals surface area (Å²) in [4.78, 5) is 16.7. The molecule has 0 spiro atoms. The molecule has 3 rings (SSSR count). The molecule has 0 radical (unpaired) electrons. The van der Waals surface area contributed by atoms with E-state index in [1.807, 2.05) is 25.0 Å².